The number of rotatable bonds is 2. The number of carbonyl (C=O) groups excluding carboxylic acids is 2. The summed E-state index contributed by atoms with van der Waals surface area (Å²) >= 11 is 1.60. The van der Waals surface area contributed by atoms with E-state index in [4.69, 9.17) is 0 Å². The minimum absolute atomic E-state index is 0.173. The molecule has 0 saturated carbocycles. The monoisotopic (exact) mass is 354 g/mol. The lowest BCUT2D eigenvalue weighted by atomic mass is 10.1. The van der Waals surface area contributed by atoms with Crippen LogP contribution in [0.25, 0.3) is 0 Å². The Bertz CT molecular complexity index is 815. The van der Waals surface area contributed by atoms with Gasteiger partial charge in [0.25, 0.3) is 11.8 Å². The number of thiazole rings is 1. The molecule has 1 aromatic carbocycles. The average molecular weight is 354 g/mol. The van der Waals surface area contributed by atoms with Crippen LogP contribution in [0.2, 0.25) is 0 Å². The second-order valence-electron chi connectivity index (χ2n) is 5.50. The van der Waals surface area contributed by atoms with Crippen molar-refractivity contribution in [2.75, 3.05) is 38.1 Å². The summed E-state index contributed by atoms with van der Waals surface area (Å²) in [5.74, 6) is 5.17. The van der Waals surface area contributed by atoms with Crippen LogP contribution in [-0.4, -0.2) is 54.9 Å². The molecule has 0 bridgehead atoms. The molecule has 0 atom stereocenters. The molecule has 128 valence electrons. The van der Waals surface area contributed by atoms with Crippen molar-refractivity contribution in [2.45, 2.75) is 0 Å². The predicted octanol–water partition coefficient (Wildman–Crippen LogP) is 1.20. The highest BCUT2D eigenvalue weighted by molar-refractivity contribution is 7.13. The standard InChI is InChI=1S/C18H18N4O2S/c1-19-17(24)15-4-2-3-14(13-15)5-6-16(23)21-8-10-22(11-9-21)18-20-7-12-25-18/h2-4,7,12-13H,8-11H2,1H3,(H,19,24). The Balaban J connectivity index is 1.60. The van der Waals surface area contributed by atoms with Crippen LogP contribution >= 0.6 is 11.3 Å². The van der Waals surface area contributed by atoms with Gasteiger partial charge < -0.3 is 15.1 Å². The zero-order valence-corrected chi connectivity index (χ0v) is 14.7. The maximum absolute atomic E-state index is 12.3. The van der Waals surface area contributed by atoms with E-state index in [1.165, 1.54) is 0 Å². The van der Waals surface area contributed by atoms with Crippen LogP contribution in [0.3, 0.4) is 0 Å². The number of piperazine rings is 1. The quantitative estimate of drug-likeness (QED) is 0.823. The highest BCUT2D eigenvalue weighted by Crippen LogP contribution is 2.18. The van der Waals surface area contributed by atoms with Crippen molar-refractivity contribution in [1.29, 1.82) is 0 Å². The molecule has 0 radical (unpaired) electrons. The van der Waals surface area contributed by atoms with E-state index in [9.17, 15) is 9.59 Å². The van der Waals surface area contributed by atoms with E-state index in [-0.39, 0.29) is 11.8 Å². The van der Waals surface area contributed by atoms with Gasteiger partial charge in [-0.1, -0.05) is 12.0 Å². The van der Waals surface area contributed by atoms with Gasteiger partial charge in [-0.25, -0.2) is 4.98 Å². The lowest BCUT2D eigenvalue weighted by Crippen LogP contribution is -2.48. The largest absolute Gasteiger partial charge is 0.355 e. The summed E-state index contributed by atoms with van der Waals surface area (Å²) in [5, 5.41) is 5.51. The summed E-state index contributed by atoms with van der Waals surface area (Å²) in [7, 11) is 1.58. The van der Waals surface area contributed by atoms with Crippen LogP contribution in [-0.2, 0) is 4.79 Å². The van der Waals surface area contributed by atoms with Gasteiger partial charge in [-0.15, -0.1) is 11.3 Å². The molecule has 0 unspecified atom stereocenters. The molecule has 1 aliphatic heterocycles. The summed E-state index contributed by atoms with van der Waals surface area (Å²) in [4.78, 5) is 32.1. The van der Waals surface area contributed by atoms with Crippen LogP contribution in [0.15, 0.2) is 35.8 Å². The van der Waals surface area contributed by atoms with Crippen LogP contribution in [0.1, 0.15) is 15.9 Å². The lowest BCUT2D eigenvalue weighted by molar-refractivity contribution is -0.125. The van der Waals surface area contributed by atoms with Gasteiger partial charge in [0, 0.05) is 61.9 Å². The van der Waals surface area contributed by atoms with Crippen molar-refractivity contribution in [3.63, 3.8) is 0 Å². The second kappa shape index (κ2) is 7.81. The highest BCUT2D eigenvalue weighted by atomic mass is 32.1. The van der Waals surface area contributed by atoms with Crippen LogP contribution < -0.4 is 10.2 Å². The van der Waals surface area contributed by atoms with Crippen molar-refractivity contribution in [3.8, 4) is 11.8 Å². The van der Waals surface area contributed by atoms with E-state index < -0.39 is 0 Å². The molecule has 1 N–H and O–H groups in total. The molecule has 1 fully saturated rings. The maximum Gasteiger partial charge on any atom is 0.298 e. The molecule has 2 heterocycles. The molecule has 0 aliphatic carbocycles. The molecule has 25 heavy (non-hydrogen) atoms. The third kappa shape index (κ3) is 4.17. The molecule has 6 nitrogen and oxygen atoms in total. The summed E-state index contributed by atoms with van der Waals surface area (Å²) in [6, 6.07) is 6.93. The molecular formula is C18H18N4O2S. The first-order valence-corrected chi connectivity index (χ1v) is 8.83. The first kappa shape index (κ1) is 17.0. The maximum atomic E-state index is 12.3. The van der Waals surface area contributed by atoms with E-state index >= 15 is 0 Å². The zero-order chi connectivity index (χ0) is 17.6. The number of benzene rings is 1. The topological polar surface area (TPSA) is 65.5 Å². The lowest BCUT2D eigenvalue weighted by Gasteiger charge is -2.33. The number of carbonyl (C=O) groups is 2. The van der Waals surface area contributed by atoms with E-state index in [0.717, 1.165) is 18.2 Å². The molecule has 1 aromatic heterocycles. The SMILES string of the molecule is CNC(=O)c1cccc(C#CC(=O)N2CCN(c3nccs3)CC2)c1. The number of hydrogen-bond acceptors (Lipinski definition) is 5. The Morgan fingerprint density at radius 2 is 2.04 bits per heavy atom. The number of nitrogens with zero attached hydrogens (tertiary/aromatic N) is 3. The van der Waals surface area contributed by atoms with Crippen molar-refractivity contribution >= 4 is 28.3 Å². The van der Waals surface area contributed by atoms with Crippen LogP contribution in [0.4, 0.5) is 5.13 Å². The summed E-state index contributed by atoms with van der Waals surface area (Å²) < 4.78 is 0. The minimum atomic E-state index is -0.191. The Morgan fingerprint density at radius 3 is 2.72 bits per heavy atom. The zero-order valence-electron chi connectivity index (χ0n) is 13.9. The second-order valence-corrected chi connectivity index (χ2v) is 6.38. The van der Waals surface area contributed by atoms with E-state index in [1.54, 1.807) is 53.7 Å². The van der Waals surface area contributed by atoms with Crippen LogP contribution in [0, 0.1) is 11.8 Å². The van der Waals surface area contributed by atoms with Gasteiger partial charge in [-0.2, -0.15) is 0 Å². The molecule has 3 rings (SSSR count). The summed E-state index contributed by atoms with van der Waals surface area (Å²) in [6.45, 7) is 2.77. The fourth-order valence-corrected chi connectivity index (χ4v) is 3.26. The molecule has 1 aliphatic rings. The molecule has 2 aromatic rings. The number of anilines is 1. The van der Waals surface area contributed by atoms with Gasteiger partial charge in [-0.05, 0) is 18.2 Å². The van der Waals surface area contributed by atoms with Crippen molar-refractivity contribution in [2.24, 2.45) is 0 Å². The fraction of sp³-hybridized carbons (Fsp3) is 0.278. The van der Waals surface area contributed by atoms with Crippen molar-refractivity contribution in [1.82, 2.24) is 15.2 Å². The van der Waals surface area contributed by atoms with Gasteiger partial charge in [0.05, 0.1) is 0 Å². The predicted molar refractivity (Wildman–Crippen MR) is 97.6 cm³/mol. The van der Waals surface area contributed by atoms with Gasteiger partial charge in [-0.3, -0.25) is 9.59 Å². The number of hydrogen-bond donors (Lipinski definition) is 1. The molecule has 2 amide bonds. The summed E-state index contributed by atoms with van der Waals surface area (Å²) in [6.07, 6.45) is 1.79. The Morgan fingerprint density at radius 1 is 1.24 bits per heavy atom. The smallest absolute Gasteiger partial charge is 0.298 e. The normalized spacial score (nSPS) is 13.8. The van der Waals surface area contributed by atoms with Crippen LogP contribution in [0.5, 0.6) is 0 Å². The molecule has 7 heteroatoms. The number of amides is 2. The van der Waals surface area contributed by atoms with Gasteiger partial charge in [0.1, 0.15) is 0 Å². The Labute approximate surface area is 150 Å². The van der Waals surface area contributed by atoms with Crippen molar-refractivity contribution in [3.05, 3.63) is 47.0 Å². The average Bonchev–Trinajstić information content (AvgIpc) is 3.20. The first-order valence-electron chi connectivity index (χ1n) is 7.95. The molecule has 1 saturated heterocycles. The minimum Gasteiger partial charge on any atom is -0.355 e. The third-order valence-corrected chi connectivity index (χ3v) is 4.75. The molecular weight excluding hydrogens is 336 g/mol. The number of nitrogens with one attached hydrogen (secondary N) is 1. The third-order valence-electron chi connectivity index (χ3n) is 3.92. The van der Waals surface area contributed by atoms with Gasteiger partial charge >= 0.3 is 0 Å². The molecule has 0 spiro atoms. The van der Waals surface area contributed by atoms with E-state index in [0.29, 0.717) is 24.2 Å². The van der Waals surface area contributed by atoms with Crippen molar-refractivity contribution < 1.29 is 9.59 Å². The van der Waals surface area contributed by atoms with E-state index in [1.807, 2.05) is 5.38 Å². The fourth-order valence-electron chi connectivity index (χ4n) is 2.56. The summed E-state index contributed by atoms with van der Waals surface area (Å²) in [5.41, 5.74) is 1.18. The van der Waals surface area contributed by atoms with Gasteiger partial charge in [0.15, 0.2) is 5.13 Å². The number of aromatic nitrogens is 1. The Hall–Kier alpha value is -2.85. The highest BCUT2D eigenvalue weighted by Gasteiger charge is 2.21. The van der Waals surface area contributed by atoms with Gasteiger partial charge in [0.2, 0.25) is 0 Å². The Kier molecular flexibility index (Phi) is 5.31. The van der Waals surface area contributed by atoms with E-state index in [2.05, 4.69) is 27.0 Å². The first-order chi connectivity index (χ1) is 12.2.